The van der Waals surface area contributed by atoms with Gasteiger partial charge in [0.1, 0.15) is 0 Å². The van der Waals surface area contributed by atoms with Crippen LogP contribution in [0.15, 0.2) is 18.2 Å². The van der Waals surface area contributed by atoms with Crippen molar-refractivity contribution in [2.45, 2.75) is 26.3 Å². The molecule has 1 aromatic rings. The third-order valence-electron chi connectivity index (χ3n) is 3.26. The van der Waals surface area contributed by atoms with Crippen LogP contribution in [0, 0.1) is 0 Å². The maximum absolute atomic E-state index is 11.8. The predicted octanol–water partition coefficient (Wildman–Crippen LogP) is 3.25. The van der Waals surface area contributed by atoms with E-state index in [1.165, 1.54) is 0 Å². The second-order valence-corrected chi connectivity index (χ2v) is 6.06. The second kappa shape index (κ2) is 9.26. The molecule has 1 amide bonds. The predicted molar refractivity (Wildman–Crippen MR) is 90.3 cm³/mol. The summed E-state index contributed by atoms with van der Waals surface area (Å²) in [6.07, 6.45) is 0.995. The van der Waals surface area contributed by atoms with E-state index in [4.69, 9.17) is 23.2 Å². The lowest BCUT2D eigenvalue weighted by atomic mass is 10.3. The van der Waals surface area contributed by atoms with E-state index >= 15 is 0 Å². The number of para-hydroxylation sites is 1. The lowest BCUT2D eigenvalue weighted by molar-refractivity contribution is -0.115. The fourth-order valence-electron chi connectivity index (χ4n) is 1.71. The van der Waals surface area contributed by atoms with E-state index in [-0.39, 0.29) is 12.5 Å². The van der Waals surface area contributed by atoms with E-state index in [2.05, 4.69) is 36.4 Å². The van der Waals surface area contributed by atoms with E-state index in [0.29, 0.717) is 21.8 Å². The van der Waals surface area contributed by atoms with Crippen molar-refractivity contribution in [1.82, 2.24) is 10.2 Å². The van der Waals surface area contributed by atoms with Gasteiger partial charge >= 0.3 is 0 Å². The number of carbonyl (C=O) groups is 1. The number of rotatable bonds is 8. The molecule has 0 aliphatic rings. The zero-order valence-corrected chi connectivity index (χ0v) is 14.3. The maximum atomic E-state index is 11.8. The van der Waals surface area contributed by atoms with Gasteiger partial charge in [-0.05, 0) is 52.5 Å². The fourth-order valence-corrected chi connectivity index (χ4v) is 2.21. The molecule has 0 aliphatic carbocycles. The molecule has 0 unspecified atom stereocenters. The van der Waals surface area contributed by atoms with E-state index < -0.39 is 0 Å². The van der Waals surface area contributed by atoms with Crippen LogP contribution in [0.5, 0.6) is 0 Å². The number of nitrogens with zero attached hydrogens (tertiary/aromatic N) is 1. The molecule has 0 heterocycles. The molecule has 2 N–H and O–H groups in total. The highest BCUT2D eigenvalue weighted by molar-refractivity contribution is 6.39. The molecule has 0 aromatic heterocycles. The molecule has 0 saturated heterocycles. The Balaban J connectivity index is 2.26. The minimum Gasteiger partial charge on any atom is -0.322 e. The number of halogens is 2. The Morgan fingerprint density at radius 3 is 2.48 bits per heavy atom. The standard InChI is InChI=1S/C15H23Cl2N3O/c1-11(2)20(3)9-5-8-18-10-14(21)19-15-12(16)6-4-7-13(15)17/h4,6-7,11,18H,5,8-10H2,1-3H3,(H,19,21). The SMILES string of the molecule is CC(C)N(C)CCCNCC(=O)Nc1c(Cl)cccc1Cl. The highest BCUT2D eigenvalue weighted by Crippen LogP contribution is 2.29. The number of nitrogens with one attached hydrogen (secondary N) is 2. The summed E-state index contributed by atoms with van der Waals surface area (Å²) < 4.78 is 0. The Morgan fingerprint density at radius 1 is 1.29 bits per heavy atom. The summed E-state index contributed by atoms with van der Waals surface area (Å²) in [7, 11) is 2.09. The van der Waals surface area contributed by atoms with Crippen LogP contribution in [0.3, 0.4) is 0 Å². The van der Waals surface area contributed by atoms with Crippen molar-refractivity contribution in [3.8, 4) is 0 Å². The topological polar surface area (TPSA) is 44.4 Å². The molecular weight excluding hydrogens is 309 g/mol. The number of benzene rings is 1. The fraction of sp³-hybridized carbons (Fsp3) is 0.533. The van der Waals surface area contributed by atoms with Crippen molar-refractivity contribution in [2.24, 2.45) is 0 Å². The highest BCUT2D eigenvalue weighted by Gasteiger charge is 2.09. The Hall–Kier alpha value is -0.810. The van der Waals surface area contributed by atoms with E-state index in [0.717, 1.165) is 19.5 Å². The van der Waals surface area contributed by atoms with Gasteiger partial charge < -0.3 is 15.5 Å². The minimum absolute atomic E-state index is 0.151. The summed E-state index contributed by atoms with van der Waals surface area (Å²) >= 11 is 12.0. The van der Waals surface area contributed by atoms with Crippen LogP contribution in [0.4, 0.5) is 5.69 Å². The lowest BCUT2D eigenvalue weighted by Gasteiger charge is -2.20. The first-order valence-electron chi connectivity index (χ1n) is 7.06. The van der Waals surface area contributed by atoms with Crippen molar-refractivity contribution in [2.75, 3.05) is 32.0 Å². The second-order valence-electron chi connectivity index (χ2n) is 5.25. The largest absolute Gasteiger partial charge is 0.322 e. The van der Waals surface area contributed by atoms with E-state index in [1.807, 2.05) is 0 Å². The molecule has 21 heavy (non-hydrogen) atoms. The Labute approximate surface area is 136 Å². The Morgan fingerprint density at radius 2 is 1.90 bits per heavy atom. The molecule has 1 aromatic carbocycles. The summed E-state index contributed by atoms with van der Waals surface area (Å²) in [5.41, 5.74) is 0.465. The smallest absolute Gasteiger partial charge is 0.238 e. The molecule has 0 radical (unpaired) electrons. The van der Waals surface area contributed by atoms with Crippen LogP contribution in [0.25, 0.3) is 0 Å². The van der Waals surface area contributed by atoms with Gasteiger partial charge in [0.05, 0.1) is 22.3 Å². The number of hydrogen-bond donors (Lipinski definition) is 2. The van der Waals surface area contributed by atoms with Gasteiger partial charge in [0.15, 0.2) is 0 Å². The molecule has 118 valence electrons. The molecule has 6 heteroatoms. The van der Waals surface area contributed by atoms with Crippen molar-refractivity contribution in [1.29, 1.82) is 0 Å². The molecule has 0 aliphatic heterocycles. The summed E-state index contributed by atoms with van der Waals surface area (Å²) in [5, 5.41) is 6.71. The Bertz CT molecular complexity index is 446. The van der Waals surface area contributed by atoms with Gasteiger partial charge in [0.25, 0.3) is 0 Å². The third-order valence-corrected chi connectivity index (χ3v) is 3.89. The molecule has 4 nitrogen and oxygen atoms in total. The number of amides is 1. The van der Waals surface area contributed by atoms with Crippen LogP contribution < -0.4 is 10.6 Å². The average Bonchev–Trinajstić information content (AvgIpc) is 2.42. The molecule has 0 fully saturated rings. The van der Waals surface area contributed by atoms with Gasteiger partial charge in [-0.2, -0.15) is 0 Å². The van der Waals surface area contributed by atoms with Crippen LogP contribution in [-0.2, 0) is 4.79 Å². The van der Waals surface area contributed by atoms with Gasteiger partial charge in [-0.3, -0.25) is 4.79 Å². The highest BCUT2D eigenvalue weighted by atomic mass is 35.5. The van der Waals surface area contributed by atoms with Crippen molar-refractivity contribution in [3.05, 3.63) is 28.2 Å². The van der Waals surface area contributed by atoms with Gasteiger partial charge in [-0.1, -0.05) is 29.3 Å². The monoisotopic (exact) mass is 331 g/mol. The first-order valence-corrected chi connectivity index (χ1v) is 7.82. The third kappa shape index (κ3) is 6.66. The van der Waals surface area contributed by atoms with Crippen molar-refractivity contribution in [3.63, 3.8) is 0 Å². The summed E-state index contributed by atoms with van der Waals surface area (Å²) in [6.45, 7) is 6.36. The molecule has 0 spiro atoms. The van der Waals surface area contributed by atoms with Crippen LogP contribution >= 0.6 is 23.2 Å². The quantitative estimate of drug-likeness (QED) is 0.718. The minimum atomic E-state index is -0.151. The summed E-state index contributed by atoms with van der Waals surface area (Å²) in [5.74, 6) is -0.151. The zero-order chi connectivity index (χ0) is 15.8. The van der Waals surface area contributed by atoms with E-state index in [9.17, 15) is 4.79 Å². The molecular formula is C15H23Cl2N3O. The molecule has 0 bridgehead atoms. The van der Waals surface area contributed by atoms with Crippen molar-refractivity contribution >= 4 is 34.8 Å². The van der Waals surface area contributed by atoms with Crippen LogP contribution in [0.1, 0.15) is 20.3 Å². The number of carbonyl (C=O) groups excluding carboxylic acids is 1. The Kier molecular flexibility index (Phi) is 8.04. The lowest BCUT2D eigenvalue weighted by Crippen LogP contribution is -2.32. The maximum Gasteiger partial charge on any atom is 0.238 e. The van der Waals surface area contributed by atoms with Gasteiger partial charge in [0.2, 0.25) is 5.91 Å². The number of hydrogen-bond acceptors (Lipinski definition) is 3. The summed E-state index contributed by atoms with van der Waals surface area (Å²) in [4.78, 5) is 14.1. The first-order chi connectivity index (χ1) is 9.91. The van der Waals surface area contributed by atoms with Crippen LogP contribution in [0.2, 0.25) is 10.0 Å². The van der Waals surface area contributed by atoms with E-state index in [1.54, 1.807) is 18.2 Å². The molecule has 0 saturated carbocycles. The molecule has 0 atom stereocenters. The van der Waals surface area contributed by atoms with Gasteiger partial charge in [-0.15, -0.1) is 0 Å². The normalized spacial score (nSPS) is 11.2. The first kappa shape index (κ1) is 18.2. The van der Waals surface area contributed by atoms with Gasteiger partial charge in [-0.25, -0.2) is 0 Å². The van der Waals surface area contributed by atoms with Crippen LogP contribution in [-0.4, -0.2) is 43.5 Å². The van der Waals surface area contributed by atoms with Crippen molar-refractivity contribution < 1.29 is 4.79 Å². The zero-order valence-electron chi connectivity index (χ0n) is 12.7. The average molecular weight is 332 g/mol. The number of anilines is 1. The summed E-state index contributed by atoms with van der Waals surface area (Å²) in [6, 6.07) is 5.66. The van der Waals surface area contributed by atoms with Gasteiger partial charge in [0, 0.05) is 6.04 Å². The molecule has 1 rings (SSSR count).